The predicted molar refractivity (Wildman–Crippen MR) is 85.0 cm³/mol. The standard InChI is InChI=1S/C14H17ClIN3O/c15-13-11(16)12(8-3-4-8)17-14(18-13)10-6-19-5-1-2-9(19)7-20-10/h8-10H,1-7H2. The molecule has 20 heavy (non-hydrogen) atoms. The third kappa shape index (κ3) is 2.46. The quantitative estimate of drug-likeness (QED) is 0.560. The number of nitrogens with zero attached hydrogens (tertiary/aromatic N) is 3. The van der Waals surface area contributed by atoms with Gasteiger partial charge in [0.2, 0.25) is 0 Å². The molecule has 0 amide bonds. The second-order valence-corrected chi connectivity index (χ2v) is 7.40. The molecule has 6 heteroatoms. The van der Waals surface area contributed by atoms with Gasteiger partial charge in [-0.05, 0) is 54.8 Å². The van der Waals surface area contributed by atoms with Crippen molar-refractivity contribution in [1.29, 1.82) is 0 Å². The van der Waals surface area contributed by atoms with Crippen molar-refractivity contribution in [2.75, 3.05) is 19.7 Å². The van der Waals surface area contributed by atoms with Gasteiger partial charge in [0.1, 0.15) is 11.3 Å². The number of hydrogen-bond donors (Lipinski definition) is 0. The predicted octanol–water partition coefficient (Wildman–Crippen LogP) is 3.15. The van der Waals surface area contributed by atoms with E-state index in [4.69, 9.17) is 21.3 Å². The zero-order chi connectivity index (χ0) is 13.7. The molecule has 4 rings (SSSR count). The van der Waals surface area contributed by atoms with Crippen molar-refractivity contribution in [2.24, 2.45) is 0 Å². The summed E-state index contributed by atoms with van der Waals surface area (Å²) in [6.07, 6.45) is 4.97. The van der Waals surface area contributed by atoms with Gasteiger partial charge in [0.25, 0.3) is 0 Å². The molecule has 2 saturated heterocycles. The zero-order valence-corrected chi connectivity index (χ0v) is 14.1. The van der Waals surface area contributed by atoms with E-state index in [1.165, 1.54) is 32.2 Å². The summed E-state index contributed by atoms with van der Waals surface area (Å²) >= 11 is 8.56. The summed E-state index contributed by atoms with van der Waals surface area (Å²) in [5.41, 5.74) is 1.13. The summed E-state index contributed by atoms with van der Waals surface area (Å²) in [5.74, 6) is 1.37. The van der Waals surface area contributed by atoms with Crippen molar-refractivity contribution in [3.8, 4) is 0 Å². The van der Waals surface area contributed by atoms with Crippen LogP contribution in [-0.2, 0) is 4.74 Å². The number of aromatic nitrogens is 2. The number of halogens is 2. The van der Waals surface area contributed by atoms with Crippen LogP contribution >= 0.6 is 34.2 Å². The minimum Gasteiger partial charge on any atom is -0.367 e. The lowest BCUT2D eigenvalue weighted by Crippen LogP contribution is -2.43. The molecule has 0 bridgehead atoms. The monoisotopic (exact) mass is 405 g/mol. The second kappa shape index (κ2) is 5.34. The first-order chi connectivity index (χ1) is 9.72. The van der Waals surface area contributed by atoms with Gasteiger partial charge >= 0.3 is 0 Å². The lowest BCUT2D eigenvalue weighted by molar-refractivity contribution is -0.0542. The second-order valence-electron chi connectivity index (χ2n) is 5.96. The van der Waals surface area contributed by atoms with E-state index in [0.717, 1.165) is 28.2 Å². The third-order valence-electron chi connectivity index (χ3n) is 4.49. The van der Waals surface area contributed by atoms with Gasteiger partial charge in [0, 0.05) is 18.5 Å². The molecule has 1 aromatic rings. The molecule has 1 aliphatic carbocycles. The van der Waals surface area contributed by atoms with E-state index in [2.05, 4.69) is 32.5 Å². The fraction of sp³-hybridized carbons (Fsp3) is 0.714. The molecule has 3 fully saturated rings. The molecular formula is C14H17ClIN3O. The lowest BCUT2D eigenvalue weighted by atomic mass is 10.1. The van der Waals surface area contributed by atoms with Crippen molar-refractivity contribution in [2.45, 2.75) is 43.7 Å². The first-order valence-electron chi connectivity index (χ1n) is 7.31. The van der Waals surface area contributed by atoms with E-state index in [-0.39, 0.29) is 6.10 Å². The van der Waals surface area contributed by atoms with E-state index < -0.39 is 0 Å². The molecule has 4 nitrogen and oxygen atoms in total. The van der Waals surface area contributed by atoms with Crippen LogP contribution in [0.15, 0.2) is 0 Å². The minimum absolute atomic E-state index is 0.0173. The third-order valence-corrected chi connectivity index (χ3v) is 6.15. The Hall–Kier alpha value is 0.0200. The zero-order valence-electron chi connectivity index (χ0n) is 11.2. The summed E-state index contributed by atoms with van der Waals surface area (Å²) in [6.45, 7) is 2.89. The Labute approximate surface area is 137 Å². The molecule has 3 aliphatic rings. The molecule has 0 radical (unpaired) electrons. The van der Waals surface area contributed by atoms with Crippen LogP contribution in [0.3, 0.4) is 0 Å². The van der Waals surface area contributed by atoms with Gasteiger partial charge in [-0.1, -0.05) is 11.6 Å². The number of hydrogen-bond acceptors (Lipinski definition) is 4. The van der Waals surface area contributed by atoms with Crippen LogP contribution in [-0.4, -0.2) is 40.6 Å². The summed E-state index contributed by atoms with van der Waals surface area (Å²) in [6, 6.07) is 0.605. The fourth-order valence-electron chi connectivity index (χ4n) is 3.20. The van der Waals surface area contributed by atoms with Gasteiger partial charge in [-0.2, -0.15) is 0 Å². The van der Waals surface area contributed by atoms with E-state index in [0.29, 0.717) is 17.1 Å². The fourth-order valence-corrected chi connectivity index (χ4v) is 4.06. The summed E-state index contributed by atoms with van der Waals surface area (Å²) in [4.78, 5) is 11.8. The van der Waals surface area contributed by atoms with Crippen LogP contribution in [0.25, 0.3) is 0 Å². The van der Waals surface area contributed by atoms with Crippen LogP contribution in [0.5, 0.6) is 0 Å². The van der Waals surface area contributed by atoms with Crippen molar-refractivity contribution in [1.82, 2.24) is 14.9 Å². The normalized spacial score (nSPS) is 30.5. The molecule has 3 heterocycles. The van der Waals surface area contributed by atoms with Crippen molar-refractivity contribution in [3.05, 3.63) is 20.2 Å². The molecule has 0 spiro atoms. The Kier molecular flexibility index (Phi) is 3.65. The molecule has 108 valence electrons. The van der Waals surface area contributed by atoms with Gasteiger partial charge in [-0.3, -0.25) is 4.90 Å². The van der Waals surface area contributed by atoms with Gasteiger partial charge in [-0.25, -0.2) is 9.97 Å². The molecular weight excluding hydrogens is 389 g/mol. The van der Waals surface area contributed by atoms with Crippen LogP contribution in [0.1, 0.15) is 49.2 Å². The van der Waals surface area contributed by atoms with Crippen LogP contribution in [0.4, 0.5) is 0 Å². The highest BCUT2D eigenvalue weighted by Gasteiger charge is 2.36. The van der Waals surface area contributed by atoms with E-state index in [1.54, 1.807) is 0 Å². The van der Waals surface area contributed by atoms with Gasteiger partial charge in [-0.15, -0.1) is 0 Å². The lowest BCUT2D eigenvalue weighted by Gasteiger charge is -2.34. The Morgan fingerprint density at radius 1 is 1.25 bits per heavy atom. The molecule has 0 aromatic carbocycles. The largest absolute Gasteiger partial charge is 0.367 e. The Morgan fingerprint density at radius 3 is 2.90 bits per heavy atom. The molecule has 2 unspecified atom stereocenters. The highest BCUT2D eigenvalue weighted by atomic mass is 127. The topological polar surface area (TPSA) is 38.2 Å². The molecule has 0 N–H and O–H groups in total. The average Bonchev–Trinajstić information content (AvgIpc) is 3.18. The highest BCUT2D eigenvalue weighted by molar-refractivity contribution is 14.1. The first kappa shape index (κ1) is 13.7. The maximum Gasteiger partial charge on any atom is 0.160 e. The van der Waals surface area contributed by atoms with Crippen LogP contribution in [0, 0.1) is 3.57 Å². The summed E-state index contributed by atoms with van der Waals surface area (Å²) in [5, 5.41) is 0.588. The minimum atomic E-state index is -0.0173. The molecule has 2 aliphatic heterocycles. The average molecular weight is 406 g/mol. The molecule has 1 saturated carbocycles. The van der Waals surface area contributed by atoms with E-state index in [9.17, 15) is 0 Å². The van der Waals surface area contributed by atoms with Crippen molar-refractivity contribution < 1.29 is 4.74 Å². The molecule has 1 aromatic heterocycles. The highest BCUT2D eigenvalue weighted by Crippen LogP contribution is 2.42. The maximum absolute atomic E-state index is 6.29. The number of morpholine rings is 1. The maximum atomic E-state index is 6.29. The Bertz CT molecular complexity index is 537. The summed E-state index contributed by atoms with van der Waals surface area (Å²) < 4.78 is 7.02. The van der Waals surface area contributed by atoms with Crippen LogP contribution in [0.2, 0.25) is 5.15 Å². The first-order valence-corrected chi connectivity index (χ1v) is 8.76. The van der Waals surface area contributed by atoms with E-state index in [1.807, 2.05) is 0 Å². The van der Waals surface area contributed by atoms with Gasteiger partial charge < -0.3 is 4.74 Å². The summed E-state index contributed by atoms with van der Waals surface area (Å²) in [7, 11) is 0. The van der Waals surface area contributed by atoms with Gasteiger partial charge in [0.05, 0.1) is 15.9 Å². The van der Waals surface area contributed by atoms with Crippen molar-refractivity contribution in [3.63, 3.8) is 0 Å². The van der Waals surface area contributed by atoms with Crippen molar-refractivity contribution >= 4 is 34.2 Å². The Morgan fingerprint density at radius 2 is 2.10 bits per heavy atom. The van der Waals surface area contributed by atoms with Crippen LogP contribution < -0.4 is 0 Å². The van der Waals surface area contributed by atoms with E-state index >= 15 is 0 Å². The Balaban J connectivity index is 1.61. The van der Waals surface area contributed by atoms with Gasteiger partial charge in [0.15, 0.2) is 5.82 Å². The SMILES string of the molecule is Clc1nc(C2CN3CCCC3CO2)nc(C2CC2)c1I. The number of fused-ring (bicyclic) bond motifs is 1. The number of rotatable bonds is 2. The number of ether oxygens (including phenoxy) is 1. The molecule has 2 atom stereocenters. The smallest absolute Gasteiger partial charge is 0.160 e.